The fourth-order valence-electron chi connectivity index (χ4n) is 2.04. The Balaban J connectivity index is 1.98. The maximum atomic E-state index is 11.9. The molecular weight excluding hydrogens is 344 g/mol. The van der Waals surface area contributed by atoms with Crippen LogP contribution in [-0.4, -0.2) is 32.4 Å². The monoisotopic (exact) mass is 362 g/mol. The summed E-state index contributed by atoms with van der Waals surface area (Å²) in [5, 5.41) is 4.52. The molecule has 2 aromatic carbocycles. The van der Waals surface area contributed by atoms with E-state index in [0.717, 1.165) is 5.56 Å². The lowest BCUT2D eigenvalue weighted by Crippen LogP contribution is -2.25. The van der Waals surface area contributed by atoms with Crippen LogP contribution in [0.4, 0.5) is 0 Å². The number of ether oxygens (including phenoxy) is 3. The summed E-state index contributed by atoms with van der Waals surface area (Å²) in [5.41, 5.74) is 3.78. The highest BCUT2D eigenvalue weighted by molar-refractivity contribution is 6.32. The zero-order valence-electron chi connectivity index (χ0n) is 14.2. The van der Waals surface area contributed by atoms with Crippen LogP contribution >= 0.6 is 11.6 Å². The number of carbonyl (C=O) groups excluding carboxylic acids is 1. The first-order valence-corrected chi connectivity index (χ1v) is 7.85. The molecule has 2 aromatic rings. The predicted molar refractivity (Wildman–Crippen MR) is 96.8 cm³/mol. The smallest absolute Gasteiger partial charge is 0.277 e. The number of benzene rings is 2. The van der Waals surface area contributed by atoms with Gasteiger partial charge in [0.1, 0.15) is 17.2 Å². The number of carbonyl (C=O) groups is 1. The molecule has 0 aromatic heterocycles. The SMILES string of the molecule is COc1ccc(C(C)=NNC(=O)COc2ccccc2Cl)c(OC)c1. The second-order valence-corrected chi connectivity index (χ2v) is 5.42. The first kappa shape index (κ1) is 18.6. The maximum absolute atomic E-state index is 11.9. The van der Waals surface area contributed by atoms with E-state index in [-0.39, 0.29) is 6.61 Å². The standard InChI is InChI=1S/C18H19ClN2O4/c1-12(14-9-8-13(23-2)10-17(14)24-3)20-21-18(22)11-25-16-7-5-4-6-15(16)19/h4-10H,11H2,1-3H3,(H,21,22). The van der Waals surface area contributed by atoms with Crippen LogP contribution < -0.4 is 19.6 Å². The summed E-state index contributed by atoms with van der Waals surface area (Å²) in [6.07, 6.45) is 0. The number of hydrazone groups is 1. The summed E-state index contributed by atoms with van der Waals surface area (Å²) < 4.78 is 15.8. The number of methoxy groups -OCH3 is 2. The molecular formula is C18H19ClN2O4. The normalized spacial score (nSPS) is 11.0. The molecule has 0 saturated heterocycles. The Hall–Kier alpha value is -2.73. The molecule has 0 aliphatic carbocycles. The fraction of sp³-hybridized carbons (Fsp3) is 0.222. The van der Waals surface area contributed by atoms with Gasteiger partial charge < -0.3 is 14.2 Å². The highest BCUT2D eigenvalue weighted by Crippen LogP contribution is 2.25. The van der Waals surface area contributed by atoms with Gasteiger partial charge in [-0.1, -0.05) is 23.7 Å². The molecule has 2 rings (SSSR count). The molecule has 0 fully saturated rings. The van der Waals surface area contributed by atoms with E-state index in [9.17, 15) is 4.79 Å². The van der Waals surface area contributed by atoms with Crippen molar-refractivity contribution in [3.05, 3.63) is 53.1 Å². The third kappa shape index (κ3) is 5.12. The Morgan fingerprint density at radius 1 is 1.12 bits per heavy atom. The Morgan fingerprint density at radius 3 is 2.56 bits per heavy atom. The van der Waals surface area contributed by atoms with Crippen molar-refractivity contribution < 1.29 is 19.0 Å². The highest BCUT2D eigenvalue weighted by Gasteiger charge is 2.09. The van der Waals surface area contributed by atoms with Gasteiger partial charge in [0.2, 0.25) is 0 Å². The number of amides is 1. The van der Waals surface area contributed by atoms with Crippen molar-refractivity contribution in [3.8, 4) is 17.2 Å². The third-order valence-corrected chi connectivity index (χ3v) is 3.65. The van der Waals surface area contributed by atoms with Crippen LogP contribution in [0.25, 0.3) is 0 Å². The summed E-state index contributed by atoms with van der Waals surface area (Å²) in [6.45, 7) is 1.57. The maximum Gasteiger partial charge on any atom is 0.277 e. The number of nitrogens with one attached hydrogen (secondary N) is 1. The van der Waals surface area contributed by atoms with Crippen LogP contribution in [0.2, 0.25) is 5.02 Å². The second kappa shape index (κ2) is 8.94. The van der Waals surface area contributed by atoms with Gasteiger partial charge in [-0.3, -0.25) is 4.79 Å². The van der Waals surface area contributed by atoms with Gasteiger partial charge in [0.15, 0.2) is 6.61 Å². The summed E-state index contributed by atoms with van der Waals surface area (Å²) in [5.74, 6) is 1.32. The van der Waals surface area contributed by atoms with Gasteiger partial charge >= 0.3 is 0 Å². The number of halogens is 1. The predicted octanol–water partition coefficient (Wildman–Crippen LogP) is 3.28. The third-order valence-electron chi connectivity index (χ3n) is 3.34. The van der Waals surface area contributed by atoms with E-state index in [0.29, 0.717) is 28.0 Å². The van der Waals surface area contributed by atoms with Crippen molar-refractivity contribution in [1.29, 1.82) is 0 Å². The Morgan fingerprint density at radius 2 is 1.88 bits per heavy atom. The van der Waals surface area contributed by atoms with E-state index in [2.05, 4.69) is 10.5 Å². The van der Waals surface area contributed by atoms with Gasteiger partial charge in [-0.2, -0.15) is 5.10 Å². The minimum atomic E-state index is -0.397. The molecule has 1 amide bonds. The molecule has 7 heteroatoms. The average Bonchev–Trinajstić information content (AvgIpc) is 2.64. The molecule has 0 atom stereocenters. The molecule has 25 heavy (non-hydrogen) atoms. The van der Waals surface area contributed by atoms with Crippen LogP contribution in [0, 0.1) is 0 Å². The molecule has 0 unspecified atom stereocenters. The Bertz CT molecular complexity index is 777. The number of hydrogen-bond donors (Lipinski definition) is 1. The minimum absolute atomic E-state index is 0.194. The van der Waals surface area contributed by atoms with Crippen LogP contribution in [0.1, 0.15) is 12.5 Å². The average molecular weight is 363 g/mol. The quantitative estimate of drug-likeness (QED) is 0.606. The number of hydrogen-bond acceptors (Lipinski definition) is 5. The van der Waals surface area contributed by atoms with Crippen molar-refractivity contribution in [1.82, 2.24) is 5.43 Å². The van der Waals surface area contributed by atoms with Crippen LogP contribution in [0.5, 0.6) is 17.2 Å². The fourth-order valence-corrected chi connectivity index (χ4v) is 2.23. The lowest BCUT2D eigenvalue weighted by atomic mass is 10.1. The summed E-state index contributed by atoms with van der Waals surface area (Å²) >= 11 is 5.96. The van der Waals surface area contributed by atoms with E-state index in [1.54, 1.807) is 57.5 Å². The number of nitrogens with zero attached hydrogens (tertiary/aromatic N) is 1. The van der Waals surface area contributed by atoms with Crippen molar-refractivity contribution in [2.45, 2.75) is 6.92 Å². The van der Waals surface area contributed by atoms with Crippen molar-refractivity contribution in [2.75, 3.05) is 20.8 Å². The van der Waals surface area contributed by atoms with Gasteiger partial charge in [0, 0.05) is 11.6 Å². The van der Waals surface area contributed by atoms with Crippen LogP contribution in [0.3, 0.4) is 0 Å². The second-order valence-electron chi connectivity index (χ2n) is 5.02. The van der Waals surface area contributed by atoms with E-state index < -0.39 is 5.91 Å². The lowest BCUT2D eigenvalue weighted by Gasteiger charge is -2.10. The van der Waals surface area contributed by atoms with Crippen molar-refractivity contribution in [2.24, 2.45) is 5.10 Å². The Kier molecular flexibility index (Phi) is 6.65. The topological polar surface area (TPSA) is 69.2 Å². The van der Waals surface area contributed by atoms with Gasteiger partial charge in [0.05, 0.1) is 25.0 Å². The van der Waals surface area contributed by atoms with Gasteiger partial charge in [-0.05, 0) is 31.2 Å². The minimum Gasteiger partial charge on any atom is -0.497 e. The largest absolute Gasteiger partial charge is 0.497 e. The molecule has 6 nitrogen and oxygen atoms in total. The molecule has 0 bridgehead atoms. The van der Waals surface area contributed by atoms with E-state index in [4.69, 9.17) is 25.8 Å². The highest BCUT2D eigenvalue weighted by atomic mass is 35.5. The summed E-state index contributed by atoms with van der Waals surface area (Å²) in [6, 6.07) is 12.3. The molecule has 0 radical (unpaired) electrons. The zero-order chi connectivity index (χ0) is 18.2. The summed E-state index contributed by atoms with van der Waals surface area (Å²) in [7, 11) is 3.14. The first-order chi connectivity index (χ1) is 12.0. The molecule has 0 heterocycles. The molecule has 1 N–H and O–H groups in total. The molecule has 0 saturated carbocycles. The van der Waals surface area contributed by atoms with Gasteiger partial charge in [-0.15, -0.1) is 0 Å². The van der Waals surface area contributed by atoms with Crippen molar-refractivity contribution >= 4 is 23.2 Å². The lowest BCUT2D eigenvalue weighted by molar-refractivity contribution is -0.123. The zero-order valence-corrected chi connectivity index (χ0v) is 15.0. The summed E-state index contributed by atoms with van der Waals surface area (Å²) in [4.78, 5) is 11.9. The van der Waals surface area contributed by atoms with Crippen LogP contribution in [0.15, 0.2) is 47.6 Å². The molecule has 0 aliphatic heterocycles. The molecule has 132 valence electrons. The molecule has 0 spiro atoms. The van der Waals surface area contributed by atoms with Crippen molar-refractivity contribution in [3.63, 3.8) is 0 Å². The Labute approximate surface area is 151 Å². The first-order valence-electron chi connectivity index (χ1n) is 7.48. The number of rotatable bonds is 7. The van der Waals surface area contributed by atoms with E-state index >= 15 is 0 Å². The number of para-hydroxylation sites is 1. The van der Waals surface area contributed by atoms with E-state index in [1.165, 1.54) is 0 Å². The molecule has 0 aliphatic rings. The van der Waals surface area contributed by atoms with Crippen LogP contribution in [-0.2, 0) is 4.79 Å². The van der Waals surface area contributed by atoms with E-state index in [1.807, 2.05) is 6.07 Å². The van der Waals surface area contributed by atoms with Gasteiger partial charge in [-0.25, -0.2) is 5.43 Å². The van der Waals surface area contributed by atoms with Gasteiger partial charge in [0.25, 0.3) is 5.91 Å².